The van der Waals surface area contributed by atoms with E-state index in [9.17, 15) is 4.79 Å². The van der Waals surface area contributed by atoms with Gasteiger partial charge >= 0.3 is 0 Å². The normalized spacial score (nSPS) is 11.3. The number of aromatic amines is 1. The van der Waals surface area contributed by atoms with Crippen molar-refractivity contribution < 1.29 is 0 Å². The molecule has 0 spiro atoms. The maximum atomic E-state index is 12.7. The Bertz CT molecular complexity index is 1090. The molecular weight excluding hydrogens is 316 g/mol. The maximum Gasteiger partial charge on any atom is 0.277 e. The van der Waals surface area contributed by atoms with Crippen molar-refractivity contribution >= 4 is 5.65 Å². The summed E-state index contributed by atoms with van der Waals surface area (Å²) in [6.45, 7) is 4.02. The van der Waals surface area contributed by atoms with Gasteiger partial charge in [0.25, 0.3) is 5.56 Å². The van der Waals surface area contributed by atoms with Gasteiger partial charge in [-0.1, -0.05) is 19.9 Å². The minimum absolute atomic E-state index is 0.0588. The topological polar surface area (TPSA) is 80.9 Å². The highest BCUT2D eigenvalue weighted by atomic mass is 16.1. The molecule has 0 atom stereocenters. The molecule has 0 aromatic carbocycles. The first-order chi connectivity index (χ1) is 12.2. The van der Waals surface area contributed by atoms with E-state index in [4.69, 9.17) is 0 Å². The smallest absolute Gasteiger partial charge is 0.277 e. The molecule has 0 radical (unpaired) electrons. The molecule has 25 heavy (non-hydrogen) atoms. The number of hydrogen-bond donors (Lipinski definition) is 1. The van der Waals surface area contributed by atoms with Gasteiger partial charge < -0.3 is 4.98 Å². The lowest BCUT2D eigenvalue weighted by molar-refractivity contribution is 0.835. The molecule has 7 nitrogen and oxygen atoms in total. The monoisotopic (exact) mass is 334 g/mol. The van der Waals surface area contributed by atoms with Crippen LogP contribution in [0.25, 0.3) is 22.6 Å². The van der Waals surface area contributed by atoms with Crippen molar-refractivity contribution in [3.63, 3.8) is 0 Å². The molecule has 0 bridgehead atoms. The van der Waals surface area contributed by atoms with E-state index >= 15 is 0 Å². The summed E-state index contributed by atoms with van der Waals surface area (Å²) < 4.78 is 3.14. The SMILES string of the molecule is CCc1[nH]c2c(-c3cnn(-c4ccccn4)c3)cnn2c(=O)c1CC. The fourth-order valence-electron chi connectivity index (χ4n) is 3.05. The first-order valence-electron chi connectivity index (χ1n) is 8.31. The fourth-order valence-corrected chi connectivity index (χ4v) is 3.05. The predicted octanol–water partition coefficient (Wildman–Crippen LogP) is 2.40. The number of nitrogens with one attached hydrogen (secondary N) is 1. The van der Waals surface area contributed by atoms with Crippen molar-refractivity contribution in [2.45, 2.75) is 26.7 Å². The highest BCUT2D eigenvalue weighted by Crippen LogP contribution is 2.23. The van der Waals surface area contributed by atoms with Gasteiger partial charge in [-0.25, -0.2) is 9.67 Å². The Labute approximate surface area is 144 Å². The van der Waals surface area contributed by atoms with E-state index in [0.29, 0.717) is 12.1 Å². The van der Waals surface area contributed by atoms with Gasteiger partial charge in [-0.3, -0.25) is 4.79 Å². The van der Waals surface area contributed by atoms with Crippen LogP contribution in [0.3, 0.4) is 0 Å². The number of nitrogens with zero attached hydrogens (tertiary/aromatic N) is 5. The zero-order valence-corrected chi connectivity index (χ0v) is 14.1. The van der Waals surface area contributed by atoms with Crippen LogP contribution in [0, 0.1) is 0 Å². The molecule has 1 N–H and O–H groups in total. The minimum atomic E-state index is -0.0588. The van der Waals surface area contributed by atoms with Crippen LogP contribution in [0.2, 0.25) is 0 Å². The average molecular weight is 334 g/mol. The standard InChI is InChI=1S/C18H18N6O/c1-3-13-15(4-2)22-17-14(10-21-24(17)18(13)25)12-9-20-23(11-12)16-7-5-6-8-19-16/h5-11,22H,3-4H2,1-2H3. The summed E-state index contributed by atoms with van der Waals surface area (Å²) in [4.78, 5) is 20.3. The van der Waals surface area contributed by atoms with Crippen LogP contribution in [0.4, 0.5) is 0 Å². The number of rotatable bonds is 4. The van der Waals surface area contributed by atoms with Crippen molar-refractivity contribution in [2.24, 2.45) is 0 Å². The van der Waals surface area contributed by atoms with Crippen LogP contribution in [0.5, 0.6) is 0 Å². The Kier molecular flexibility index (Phi) is 3.68. The quantitative estimate of drug-likeness (QED) is 0.621. The largest absolute Gasteiger partial charge is 0.343 e. The Morgan fingerprint density at radius 3 is 2.72 bits per heavy atom. The molecule has 0 aliphatic heterocycles. The van der Waals surface area contributed by atoms with Gasteiger partial charge in [-0.05, 0) is 25.0 Å². The van der Waals surface area contributed by atoms with Crippen molar-refractivity contribution in [1.29, 1.82) is 0 Å². The van der Waals surface area contributed by atoms with Crippen LogP contribution in [-0.2, 0) is 12.8 Å². The van der Waals surface area contributed by atoms with Gasteiger partial charge in [0.1, 0.15) is 5.65 Å². The van der Waals surface area contributed by atoms with Crippen LogP contribution >= 0.6 is 0 Å². The predicted molar refractivity (Wildman–Crippen MR) is 94.9 cm³/mol. The Morgan fingerprint density at radius 2 is 2.00 bits per heavy atom. The molecule has 0 saturated heterocycles. The molecule has 126 valence electrons. The van der Waals surface area contributed by atoms with Crippen molar-refractivity contribution in [3.05, 3.63) is 64.6 Å². The van der Waals surface area contributed by atoms with Crippen LogP contribution in [-0.4, -0.2) is 29.4 Å². The third-order valence-electron chi connectivity index (χ3n) is 4.34. The van der Waals surface area contributed by atoms with E-state index in [1.165, 1.54) is 4.52 Å². The lowest BCUT2D eigenvalue weighted by Crippen LogP contribution is -2.22. The molecule has 4 aromatic rings. The summed E-state index contributed by atoms with van der Waals surface area (Å²) in [5.74, 6) is 0.737. The van der Waals surface area contributed by atoms with Gasteiger partial charge in [0.2, 0.25) is 0 Å². The van der Waals surface area contributed by atoms with Gasteiger partial charge in [0.05, 0.1) is 12.4 Å². The minimum Gasteiger partial charge on any atom is -0.343 e. The first kappa shape index (κ1) is 15.3. The molecule has 0 aliphatic rings. The average Bonchev–Trinajstić information content (AvgIpc) is 3.29. The zero-order chi connectivity index (χ0) is 17.4. The van der Waals surface area contributed by atoms with Crippen LogP contribution in [0.1, 0.15) is 25.1 Å². The second-order valence-electron chi connectivity index (χ2n) is 5.77. The number of fused-ring (bicyclic) bond motifs is 1. The van der Waals surface area contributed by atoms with E-state index in [1.54, 1.807) is 23.3 Å². The van der Waals surface area contributed by atoms with Crippen molar-refractivity contribution in [2.75, 3.05) is 0 Å². The van der Waals surface area contributed by atoms with Crippen LogP contribution in [0.15, 0.2) is 47.8 Å². The second-order valence-corrected chi connectivity index (χ2v) is 5.77. The Hall–Kier alpha value is -3.22. The van der Waals surface area contributed by atoms with E-state index in [-0.39, 0.29) is 5.56 Å². The number of hydrogen-bond acceptors (Lipinski definition) is 4. The highest BCUT2D eigenvalue weighted by molar-refractivity contribution is 5.76. The van der Waals surface area contributed by atoms with E-state index in [2.05, 4.69) is 20.2 Å². The summed E-state index contributed by atoms with van der Waals surface area (Å²) in [6, 6.07) is 5.66. The van der Waals surface area contributed by atoms with Gasteiger partial charge in [0.15, 0.2) is 5.82 Å². The summed E-state index contributed by atoms with van der Waals surface area (Å²) in [7, 11) is 0. The Balaban J connectivity index is 1.87. The summed E-state index contributed by atoms with van der Waals surface area (Å²) >= 11 is 0. The molecule has 0 amide bonds. The lowest BCUT2D eigenvalue weighted by atomic mass is 10.1. The van der Waals surface area contributed by atoms with Gasteiger partial charge in [-0.2, -0.15) is 14.7 Å². The number of aryl methyl sites for hydroxylation is 1. The molecule has 0 unspecified atom stereocenters. The molecular formula is C18H18N6O. The molecule has 4 aromatic heterocycles. The molecule has 0 fully saturated rings. The third kappa shape index (κ3) is 2.44. The first-order valence-corrected chi connectivity index (χ1v) is 8.31. The number of H-pyrrole nitrogens is 1. The second kappa shape index (κ2) is 6.01. The van der Waals surface area contributed by atoms with Gasteiger partial charge in [0, 0.05) is 34.8 Å². The maximum absolute atomic E-state index is 12.7. The number of pyridine rings is 1. The van der Waals surface area contributed by atoms with Gasteiger partial charge in [-0.15, -0.1) is 0 Å². The number of aromatic nitrogens is 6. The fraction of sp³-hybridized carbons (Fsp3) is 0.222. The van der Waals surface area contributed by atoms with Crippen molar-refractivity contribution in [1.82, 2.24) is 29.4 Å². The lowest BCUT2D eigenvalue weighted by Gasteiger charge is -2.07. The van der Waals surface area contributed by atoms with Crippen LogP contribution < -0.4 is 5.56 Å². The molecule has 4 rings (SSSR count). The van der Waals surface area contributed by atoms with Crippen molar-refractivity contribution in [3.8, 4) is 16.9 Å². The highest BCUT2D eigenvalue weighted by Gasteiger charge is 2.16. The van der Waals surface area contributed by atoms with E-state index in [0.717, 1.165) is 34.6 Å². The zero-order valence-electron chi connectivity index (χ0n) is 14.1. The Morgan fingerprint density at radius 1 is 1.12 bits per heavy atom. The molecule has 4 heterocycles. The molecule has 0 saturated carbocycles. The molecule has 7 heteroatoms. The summed E-state index contributed by atoms with van der Waals surface area (Å²) in [6.07, 6.45) is 8.52. The summed E-state index contributed by atoms with van der Waals surface area (Å²) in [5, 5.41) is 8.65. The third-order valence-corrected chi connectivity index (χ3v) is 4.34. The molecule has 0 aliphatic carbocycles. The summed E-state index contributed by atoms with van der Waals surface area (Å²) in [5.41, 5.74) is 4.10. The van der Waals surface area contributed by atoms with E-state index in [1.807, 2.05) is 38.2 Å². The van der Waals surface area contributed by atoms with E-state index < -0.39 is 0 Å².